The number of nitrogens with zero attached hydrogens (tertiary/aromatic N) is 1. The topological polar surface area (TPSA) is 92.4 Å². The van der Waals surface area contributed by atoms with E-state index in [2.05, 4.69) is 10.3 Å². The van der Waals surface area contributed by atoms with Crippen LogP contribution in [0.3, 0.4) is 0 Å². The molecule has 0 aliphatic rings. The number of nitrogens with one attached hydrogen (secondary N) is 1. The Labute approximate surface area is 128 Å². The van der Waals surface area contributed by atoms with Crippen molar-refractivity contribution >= 4 is 11.9 Å². The van der Waals surface area contributed by atoms with Crippen molar-refractivity contribution in [2.75, 3.05) is 0 Å². The van der Waals surface area contributed by atoms with Gasteiger partial charge in [-0.1, -0.05) is 25.5 Å². The van der Waals surface area contributed by atoms with Gasteiger partial charge in [-0.2, -0.15) is 0 Å². The van der Waals surface area contributed by atoms with Crippen LogP contribution in [0.25, 0.3) is 11.3 Å². The number of oxazole rings is 1. The second-order valence-corrected chi connectivity index (χ2v) is 5.28. The van der Waals surface area contributed by atoms with Crippen LogP contribution in [0.5, 0.6) is 0 Å². The highest BCUT2D eigenvalue weighted by Gasteiger charge is 2.33. The summed E-state index contributed by atoms with van der Waals surface area (Å²) in [6.07, 6.45) is 3.94. The Hall–Kier alpha value is -2.63. The molecule has 0 aliphatic carbocycles. The fourth-order valence-electron chi connectivity index (χ4n) is 2.19. The molecule has 6 nitrogen and oxygen atoms in total. The molecule has 6 heteroatoms. The molecule has 22 heavy (non-hydrogen) atoms. The first-order chi connectivity index (χ1) is 10.5. The van der Waals surface area contributed by atoms with E-state index in [0.717, 1.165) is 5.56 Å². The third-order valence-electron chi connectivity index (χ3n) is 3.48. The fourth-order valence-corrected chi connectivity index (χ4v) is 2.19. The van der Waals surface area contributed by atoms with Crippen molar-refractivity contribution in [3.05, 3.63) is 42.4 Å². The summed E-state index contributed by atoms with van der Waals surface area (Å²) < 4.78 is 5.17. The summed E-state index contributed by atoms with van der Waals surface area (Å²) in [6, 6.07) is 6.71. The van der Waals surface area contributed by atoms with E-state index in [1.54, 1.807) is 30.5 Å². The number of carboxylic acid groups (broad SMARTS) is 1. The first-order valence-corrected chi connectivity index (χ1v) is 7.01. The summed E-state index contributed by atoms with van der Waals surface area (Å²) >= 11 is 0. The predicted octanol–water partition coefficient (Wildman–Crippen LogP) is 2.71. The summed E-state index contributed by atoms with van der Waals surface area (Å²) in [6.45, 7) is 3.39. The molecule has 0 bridgehead atoms. The van der Waals surface area contributed by atoms with Gasteiger partial charge in [0.2, 0.25) is 0 Å². The van der Waals surface area contributed by atoms with Crippen LogP contribution in [-0.4, -0.2) is 27.5 Å². The number of hydrogen-bond donors (Lipinski definition) is 2. The van der Waals surface area contributed by atoms with E-state index in [9.17, 15) is 14.7 Å². The first kappa shape index (κ1) is 15.8. The van der Waals surface area contributed by atoms with Crippen molar-refractivity contribution in [1.82, 2.24) is 10.3 Å². The summed E-state index contributed by atoms with van der Waals surface area (Å²) in [5, 5.41) is 11.9. The number of aliphatic carboxylic acids is 1. The van der Waals surface area contributed by atoms with Gasteiger partial charge in [0.25, 0.3) is 5.91 Å². The minimum atomic E-state index is -1.27. The molecule has 0 saturated carbocycles. The molecule has 0 fully saturated rings. The highest BCUT2D eigenvalue weighted by Crippen LogP contribution is 2.20. The second-order valence-electron chi connectivity index (χ2n) is 5.28. The van der Waals surface area contributed by atoms with Gasteiger partial charge in [0.05, 0.1) is 6.20 Å². The van der Waals surface area contributed by atoms with Crippen LogP contribution in [0.4, 0.5) is 0 Å². The van der Waals surface area contributed by atoms with Gasteiger partial charge >= 0.3 is 5.97 Å². The predicted molar refractivity (Wildman–Crippen MR) is 80.4 cm³/mol. The number of carbonyl (C=O) groups is 2. The first-order valence-electron chi connectivity index (χ1n) is 7.01. The highest BCUT2D eigenvalue weighted by molar-refractivity contribution is 5.98. The van der Waals surface area contributed by atoms with Crippen molar-refractivity contribution < 1.29 is 19.1 Å². The molecule has 1 aromatic heterocycles. The van der Waals surface area contributed by atoms with Gasteiger partial charge in [-0.25, -0.2) is 9.78 Å². The maximum atomic E-state index is 12.2. The minimum absolute atomic E-state index is 0.365. The van der Waals surface area contributed by atoms with Crippen molar-refractivity contribution in [2.24, 2.45) is 0 Å². The zero-order valence-electron chi connectivity index (χ0n) is 12.5. The maximum Gasteiger partial charge on any atom is 0.329 e. The average Bonchev–Trinajstić information content (AvgIpc) is 3.01. The smallest absolute Gasteiger partial charge is 0.329 e. The number of benzene rings is 1. The van der Waals surface area contributed by atoms with Crippen LogP contribution in [-0.2, 0) is 4.79 Å². The Kier molecular flexibility index (Phi) is 4.60. The number of aromatic nitrogens is 1. The third-order valence-corrected chi connectivity index (χ3v) is 3.48. The molecule has 1 heterocycles. The number of amides is 1. The summed E-state index contributed by atoms with van der Waals surface area (Å²) in [5.41, 5.74) is -0.0782. The molecule has 0 spiro atoms. The molecule has 2 rings (SSSR count). The largest absolute Gasteiger partial charge is 0.480 e. The Morgan fingerprint density at radius 3 is 2.50 bits per heavy atom. The minimum Gasteiger partial charge on any atom is -0.480 e. The number of rotatable bonds is 6. The van der Waals surface area contributed by atoms with Crippen molar-refractivity contribution in [3.63, 3.8) is 0 Å². The maximum absolute atomic E-state index is 12.2. The van der Waals surface area contributed by atoms with Crippen molar-refractivity contribution in [1.29, 1.82) is 0 Å². The summed E-state index contributed by atoms with van der Waals surface area (Å²) in [7, 11) is 0. The Bertz CT molecular complexity index is 649. The monoisotopic (exact) mass is 302 g/mol. The van der Waals surface area contributed by atoms with E-state index in [1.807, 2.05) is 6.92 Å². The molecule has 116 valence electrons. The standard InChI is InChI=1S/C16H18N2O4/c1-3-8-16(2,15(20)21)18-14(19)12-6-4-11(5-7-12)13-9-17-10-22-13/h4-7,9-10H,3,8H2,1-2H3,(H,18,19)(H,20,21). The van der Waals surface area contributed by atoms with Gasteiger partial charge in [0, 0.05) is 11.1 Å². The molecule has 0 radical (unpaired) electrons. The number of hydrogen-bond acceptors (Lipinski definition) is 4. The van der Waals surface area contributed by atoms with Gasteiger partial charge in [0.1, 0.15) is 5.54 Å². The molecular formula is C16H18N2O4. The second kappa shape index (κ2) is 6.43. The molecule has 1 atom stereocenters. The molecular weight excluding hydrogens is 284 g/mol. The number of carboxylic acids is 1. The molecule has 0 aliphatic heterocycles. The van der Waals surface area contributed by atoms with Gasteiger partial charge < -0.3 is 14.8 Å². The number of carbonyl (C=O) groups excluding carboxylic acids is 1. The quantitative estimate of drug-likeness (QED) is 0.856. The van der Waals surface area contributed by atoms with Crippen molar-refractivity contribution in [2.45, 2.75) is 32.2 Å². The zero-order valence-corrected chi connectivity index (χ0v) is 12.5. The Morgan fingerprint density at radius 2 is 2.00 bits per heavy atom. The lowest BCUT2D eigenvalue weighted by Gasteiger charge is -2.25. The van der Waals surface area contributed by atoms with Crippen LogP contribution < -0.4 is 5.32 Å². The van der Waals surface area contributed by atoms with E-state index < -0.39 is 17.4 Å². The van der Waals surface area contributed by atoms with Crippen LogP contribution in [0.15, 0.2) is 41.3 Å². The van der Waals surface area contributed by atoms with Crippen LogP contribution in [0, 0.1) is 0 Å². The lowest BCUT2D eigenvalue weighted by Crippen LogP contribution is -2.52. The summed E-state index contributed by atoms with van der Waals surface area (Å²) in [4.78, 5) is 27.4. The van der Waals surface area contributed by atoms with Gasteiger partial charge in [0.15, 0.2) is 12.2 Å². The molecule has 1 unspecified atom stereocenters. The van der Waals surface area contributed by atoms with Crippen LogP contribution >= 0.6 is 0 Å². The lowest BCUT2D eigenvalue weighted by molar-refractivity contribution is -0.144. The molecule has 1 amide bonds. The Balaban J connectivity index is 2.14. The normalized spacial score (nSPS) is 13.4. The zero-order chi connectivity index (χ0) is 16.2. The van der Waals surface area contributed by atoms with E-state index in [4.69, 9.17) is 4.42 Å². The van der Waals surface area contributed by atoms with Crippen molar-refractivity contribution in [3.8, 4) is 11.3 Å². The average molecular weight is 302 g/mol. The molecule has 2 N–H and O–H groups in total. The third kappa shape index (κ3) is 3.33. The molecule has 2 aromatic rings. The van der Waals surface area contributed by atoms with E-state index >= 15 is 0 Å². The lowest BCUT2D eigenvalue weighted by atomic mass is 9.95. The van der Waals surface area contributed by atoms with E-state index in [1.165, 1.54) is 13.3 Å². The van der Waals surface area contributed by atoms with Gasteiger partial charge in [-0.15, -0.1) is 0 Å². The molecule has 1 aromatic carbocycles. The van der Waals surface area contributed by atoms with Crippen LogP contribution in [0.2, 0.25) is 0 Å². The van der Waals surface area contributed by atoms with Crippen LogP contribution in [0.1, 0.15) is 37.0 Å². The van der Waals surface area contributed by atoms with E-state index in [-0.39, 0.29) is 0 Å². The van der Waals surface area contributed by atoms with E-state index in [0.29, 0.717) is 24.2 Å². The van der Waals surface area contributed by atoms with Gasteiger partial charge in [-0.3, -0.25) is 4.79 Å². The SMILES string of the molecule is CCCC(C)(NC(=O)c1ccc(-c2cnco2)cc1)C(=O)O. The van der Waals surface area contributed by atoms with Gasteiger partial charge in [-0.05, 0) is 25.5 Å². The highest BCUT2D eigenvalue weighted by atomic mass is 16.4. The fraction of sp³-hybridized carbons (Fsp3) is 0.312. The molecule has 0 saturated heterocycles. The summed E-state index contributed by atoms with van der Waals surface area (Å²) in [5.74, 6) is -0.850. The Morgan fingerprint density at radius 1 is 1.32 bits per heavy atom.